The van der Waals surface area contributed by atoms with Crippen LogP contribution >= 0.6 is 0 Å². The van der Waals surface area contributed by atoms with E-state index in [1.807, 2.05) is 30.3 Å². The molecule has 0 spiro atoms. The summed E-state index contributed by atoms with van der Waals surface area (Å²) in [4.78, 5) is 15.8. The van der Waals surface area contributed by atoms with E-state index in [1.165, 1.54) is 21.5 Å². The molecule has 0 unspecified atom stereocenters. The summed E-state index contributed by atoms with van der Waals surface area (Å²) in [5.41, 5.74) is 12.0. The molecule has 0 saturated heterocycles. The summed E-state index contributed by atoms with van der Waals surface area (Å²) in [6.45, 7) is 0. The van der Waals surface area contributed by atoms with Crippen molar-refractivity contribution in [3.05, 3.63) is 218 Å². The lowest BCUT2D eigenvalue weighted by atomic mass is 9.91. The van der Waals surface area contributed by atoms with Crippen molar-refractivity contribution in [2.45, 2.75) is 0 Å². The van der Waals surface area contributed by atoms with Crippen molar-refractivity contribution in [3.63, 3.8) is 0 Å². The van der Waals surface area contributed by atoms with E-state index in [9.17, 15) is 0 Å². The zero-order valence-corrected chi connectivity index (χ0v) is 34.5. The van der Waals surface area contributed by atoms with Gasteiger partial charge in [0, 0.05) is 49.3 Å². The Morgan fingerprint density at radius 2 is 0.891 bits per heavy atom. The number of aromatic nitrogens is 4. The monoisotopic (exact) mass is 816 g/mol. The molecule has 0 aliphatic heterocycles. The molecule has 13 aromatic rings. The second-order valence-corrected chi connectivity index (χ2v) is 16.4. The topological polar surface area (TPSA) is 56.7 Å². The summed E-state index contributed by atoms with van der Waals surface area (Å²) >= 11 is 0. The molecule has 0 bridgehead atoms. The fourth-order valence-electron chi connectivity index (χ4n) is 9.58. The number of benzene rings is 10. The Morgan fingerprint density at radius 1 is 0.328 bits per heavy atom. The molecular weight excluding hydrogens is 781 g/mol. The minimum Gasteiger partial charge on any atom is -0.455 e. The summed E-state index contributed by atoms with van der Waals surface area (Å²) in [5, 5.41) is 9.08. The fraction of sp³-hybridized carbons (Fsp3) is 0. The van der Waals surface area contributed by atoms with Gasteiger partial charge in [-0.3, -0.25) is 0 Å². The van der Waals surface area contributed by atoms with Gasteiger partial charge >= 0.3 is 0 Å². The van der Waals surface area contributed by atoms with Gasteiger partial charge in [0.05, 0.1) is 11.0 Å². The van der Waals surface area contributed by atoms with Crippen LogP contribution in [0.2, 0.25) is 0 Å². The number of nitrogens with zero attached hydrogens (tertiary/aromatic N) is 4. The molecule has 0 N–H and O–H groups in total. The van der Waals surface area contributed by atoms with Gasteiger partial charge in [-0.25, -0.2) is 15.0 Å². The highest BCUT2D eigenvalue weighted by Crippen LogP contribution is 2.45. The van der Waals surface area contributed by atoms with Gasteiger partial charge in [-0.05, 0) is 86.9 Å². The van der Waals surface area contributed by atoms with Crippen molar-refractivity contribution in [2.24, 2.45) is 0 Å². The van der Waals surface area contributed by atoms with Crippen molar-refractivity contribution in [2.75, 3.05) is 0 Å². The van der Waals surface area contributed by atoms with Crippen LogP contribution in [0.4, 0.5) is 0 Å². The minimum absolute atomic E-state index is 0.583. The molecule has 0 saturated carbocycles. The molecule has 13 rings (SSSR count). The molecule has 0 amide bonds. The quantitative estimate of drug-likeness (QED) is 0.168. The third-order valence-electron chi connectivity index (χ3n) is 12.6. The number of furan rings is 1. The molecule has 3 aromatic heterocycles. The van der Waals surface area contributed by atoms with Crippen molar-refractivity contribution in [3.8, 4) is 62.1 Å². The highest BCUT2D eigenvalue weighted by Gasteiger charge is 2.23. The summed E-state index contributed by atoms with van der Waals surface area (Å²) in [7, 11) is 0. The van der Waals surface area contributed by atoms with Crippen LogP contribution in [0.15, 0.2) is 223 Å². The first-order valence-electron chi connectivity index (χ1n) is 21.6. The van der Waals surface area contributed by atoms with Crippen LogP contribution in [0.25, 0.3) is 127 Å². The van der Waals surface area contributed by atoms with Crippen molar-refractivity contribution >= 4 is 65.3 Å². The molecule has 0 atom stereocenters. The molecule has 5 nitrogen and oxygen atoms in total. The lowest BCUT2D eigenvalue weighted by molar-refractivity contribution is 0.673. The first-order valence-corrected chi connectivity index (χ1v) is 21.6. The predicted octanol–water partition coefficient (Wildman–Crippen LogP) is 15.5. The van der Waals surface area contributed by atoms with Crippen LogP contribution in [-0.4, -0.2) is 19.5 Å². The molecule has 0 aliphatic rings. The minimum atomic E-state index is 0.583. The largest absolute Gasteiger partial charge is 0.455 e. The van der Waals surface area contributed by atoms with Gasteiger partial charge in [0.1, 0.15) is 11.2 Å². The summed E-state index contributed by atoms with van der Waals surface area (Å²) < 4.78 is 9.18. The molecular formula is C59H36N4O. The van der Waals surface area contributed by atoms with E-state index in [0.29, 0.717) is 17.5 Å². The molecule has 0 fully saturated rings. The van der Waals surface area contributed by atoms with Crippen LogP contribution < -0.4 is 0 Å². The van der Waals surface area contributed by atoms with Crippen molar-refractivity contribution in [1.29, 1.82) is 0 Å². The Kier molecular flexibility index (Phi) is 8.15. The number of hydrogen-bond donors (Lipinski definition) is 0. The van der Waals surface area contributed by atoms with Gasteiger partial charge in [0.2, 0.25) is 0 Å². The van der Waals surface area contributed by atoms with Crippen LogP contribution in [-0.2, 0) is 0 Å². The highest BCUT2D eigenvalue weighted by molar-refractivity contribution is 6.22. The Bertz CT molecular complexity index is 3940. The predicted molar refractivity (Wildman–Crippen MR) is 264 cm³/mol. The average molecular weight is 817 g/mol. The van der Waals surface area contributed by atoms with E-state index in [2.05, 4.69) is 193 Å². The zero-order chi connectivity index (χ0) is 42.1. The van der Waals surface area contributed by atoms with Gasteiger partial charge in [-0.2, -0.15) is 0 Å². The fourth-order valence-corrected chi connectivity index (χ4v) is 9.58. The number of rotatable bonds is 6. The number of hydrogen-bond acceptors (Lipinski definition) is 4. The maximum atomic E-state index is 6.78. The van der Waals surface area contributed by atoms with E-state index < -0.39 is 0 Å². The zero-order valence-electron chi connectivity index (χ0n) is 34.5. The summed E-state index contributed by atoms with van der Waals surface area (Å²) in [6.07, 6.45) is 0. The molecule has 0 aliphatic carbocycles. The van der Waals surface area contributed by atoms with Gasteiger partial charge < -0.3 is 8.98 Å². The molecule has 64 heavy (non-hydrogen) atoms. The van der Waals surface area contributed by atoms with E-state index in [4.69, 9.17) is 19.4 Å². The van der Waals surface area contributed by atoms with Crippen LogP contribution in [0.5, 0.6) is 0 Å². The van der Waals surface area contributed by atoms with Crippen LogP contribution in [0.1, 0.15) is 0 Å². The van der Waals surface area contributed by atoms with Crippen molar-refractivity contribution < 1.29 is 4.42 Å². The van der Waals surface area contributed by atoms with E-state index in [1.54, 1.807) is 0 Å². The molecule has 0 radical (unpaired) electrons. The second kappa shape index (κ2) is 14.5. The number of fused-ring (bicyclic) bond motifs is 9. The maximum Gasteiger partial charge on any atom is 0.164 e. The molecule has 3 heterocycles. The van der Waals surface area contributed by atoms with E-state index in [-0.39, 0.29) is 0 Å². The van der Waals surface area contributed by atoms with Gasteiger partial charge in [0.25, 0.3) is 0 Å². The highest BCUT2D eigenvalue weighted by atomic mass is 16.3. The number of para-hydroxylation sites is 2. The Labute approximate surface area is 368 Å². The average Bonchev–Trinajstić information content (AvgIpc) is 3.92. The summed E-state index contributed by atoms with van der Waals surface area (Å²) in [6, 6.07) is 76.9. The first-order chi connectivity index (χ1) is 31.7. The van der Waals surface area contributed by atoms with Crippen molar-refractivity contribution in [1.82, 2.24) is 19.5 Å². The molecule has 298 valence electrons. The van der Waals surface area contributed by atoms with Crippen LogP contribution in [0, 0.1) is 0 Å². The van der Waals surface area contributed by atoms with E-state index >= 15 is 0 Å². The van der Waals surface area contributed by atoms with E-state index in [0.717, 1.165) is 88.4 Å². The maximum absolute atomic E-state index is 6.78. The third kappa shape index (κ3) is 5.83. The lowest BCUT2D eigenvalue weighted by Gasteiger charge is -2.17. The van der Waals surface area contributed by atoms with Crippen LogP contribution in [0.3, 0.4) is 0 Å². The second-order valence-electron chi connectivity index (χ2n) is 16.4. The molecule has 10 aromatic carbocycles. The van der Waals surface area contributed by atoms with Gasteiger partial charge in [-0.1, -0.05) is 170 Å². The van der Waals surface area contributed by atoms with Gasteiger partial charge in [-0.15, -0.1) is 0 Å². The summed E-state index contributed by atoms with van der Waals surface area (Å²) in [5.74, 6) is 1.79. The SMILES string of the molecule is c1ccc(-c2ccc(-c3nc(-c4ccccc4)nc(-c4ccc(-n5c6ccccc6c6cc7ccccc7cc65)cc4-c4cc5ccccc5c5oc6ccccc6c45)n3)cc2)cc1. The third-order valence-corrected chi connectivity index (χ3v) is 12.6. The standard InChI is InChI=1S/C59H36N4O/c1-3-15-37(16-4-1)38-27-29-40(30-28-38)58-60-57(39-17-5-2-6-18-39)61-59(62-58)47-32-31-44(63-52-25-13-11-23-46(52)50-33-41-19-7-8-20-42(41)35-53(50)63)36-49(47)51-34-43-21-9-10-22-45(43)56-55(51)48-24-12-14-26-54(48)64-56/h1-36H. The normalized spacial score (nSPS) is 11.8. The first kappa shape index (κ1) is 36.0. The van der Waals surface area contributed by atoms with Gasteiger partial charge in [0.15, 0.2) is 17.5 Å². The Balaban J connectivity index is 1.11. The lowest BCUT2D eigenvalue weighted by Crippen LogP contribution is -2.02. The molecule has 5 heteroatoms. The Hall–Kier alpha value is -8.67. The Morgan fingerprint density at radius 3 is 1.66 bits per heavy atom. The smallest absolute Gasteiger partial charge is 0.164 e.